The van der Waals surface area contributed by atoms with Crippen molar-refractivity contribution in [2.24, 2.45) is 0 Å². The van der Waals surface area contributed by atoms with E-state index in [0.717, 1.165) is 28.0 Å². The maximum atomic E-state index is 14.9. The standard InChI is InChI=1S/C32H32FNO6S/c1-2-37-32(35)26-30(33)41-31(34-26)29-28(39-20-24-16-10-5-11-17-24)27(38-19-23-14-8-4-9-15-23)25(40-29)21-36-18-22-12-6-3-7-13-22/h3-17,25,27-29H,2,18-21H2,1H3/t25-,27-,28-,29-/m1/s1. The van der Waals surface area contributed by atoms with E-state index in [1.54, 1.807) is 6.92 Å². The van der Waals surface area contributed by atoms with Crippen LogP contribution in [-0.4, -0.2) is 42.5 Å². The SMILES string of the molecule is CCOC(=O)c1nc([C@@H]2O[C@H](COCc3ccccc3)[C@@H](OCc3ccccc3)[C@H]2OCc2ccccc2)sc1F. The number of benzene rings is 3. The van der Waals surface area contributed by atoms with Crippen LogP contribution in [-0.2, 0) is 43.5 Å². The zero-order valence-corrected chi connectivity index (χ0v) is 23.5. The first-order valence-electron chi connectivity index (χ1n) is 13.5. The highest BCUT2D eigenvalue weighted by Gasteiger charge is 2.49. The summed E-state index contributed by atoms with van der Waals surface area (Å²) in [4.78, 5) is 16.6. The van der Waals surface area contributed by atoms with E-state index in [1.165, 1.54) is 0 Å². The quantitative estimate of drug-likeness (QED) is 0.173. The summed E-state index contributed by atoms with van der Waals surface area (Å²) in [7, 11) is 0. The van der Waals surface area contributed by atoms with Crippen LogP contribution in [0.3, 0.4) is 0 Å². The molecule has 41 heavy (non-hydrogen) atoms. The Balaban J connectivity index is 1.41. The Morgan fingerprint density at radius 1 is 0.829 bits per heavy atom. The summed E-state index contributed by atoms with van der Waals surface area (Å²) in [5.41, 5.74) is 2.63. The second-order valence-corrected chi connectivity index (χ2v) is 10.5. The Bertz CT molecular complexity index is 1370. The number of nitrogens with zero attached hydrogens (tertiary/aromatic N) is 1. The van der Waals surface area contributed by atoms with Crippen molar-refractivity contribution in [2.75, 3.05) is 13.2 Å². The number of carbonyl (C=O) groups excluding carboxylic acids is 1. The molecule has 1 aromatic heterocycles. The lowest BCUT2D eigenvalue weighted by molar-refractivity contribution is -0.0898. The molecule has 0 spiro atoms. The van der Waals surface area contributed by atoms with E-state index >= 15 is 0 Å². The van der Waals surface area contributed by atoms with Crippen LogP contribution in [0.1, 0.15) is 45.2 Å². The van der Waals surface area contributed by atoms with Gasteiger partial charge in [0.25, 0.3) is 0 Å². The van der Waals surface area contributed by atoms with Crippen LogP contribution >= 0.6 is 11.3 Å². The summed E-state index contributed by atoms with van der Waals surface area (Å²) >= 11 is 0.751. The van der Waals surface area contributed by atoms with E-state index in [-0.39, 0.29) is 30.5 Å². The van der Waals surface area contributed by atoms with E-state index in [9.17, 15) is 9.18 Å². The van der Waals surface area contributed by atoms with Crippen LogP contribution in [0, 0.1) is 5.13 Å². The van der Waals surface area contributed by atoms with Gasteiger partial charge in [-0.3, -0.25) is 0 Å². The molecule has 5 rings (SSSR count). The first kappa shape index (κ1) is 29.0. The Morgan fingerprint density at radius 2 is 1.37 bits per heavy atom. The van der Waals surface area contributed by atoms with E-state index in [0.29, 0.717) is 13.2 Å². The molecule has 1 aliphatic rings. The zero-order valence-electron chi connectivity index (χ0n) is 22.7. The zero-order chi connectivity index (χ0) is 28.4. The molecule has 0 N–H and O–H groups in total. The third-order valence-corrected chi connectivity index (χ3v) is 7.49. The maximum Gasteiger partial charge on any atom is 0.360 e. The Morgan fingerprint density at radius 3 is 1.93 bits per heavy atom. The first-order chi connectivity index (χ1) is 20.1. The van der Waals surface area contributed by atoms with Gasteiger partial charge < -0.3 is 23.7 Å². The molecule has 0 saturated carbocycles. The number of hydrogen-bond donors (Lipinski definition) is 0. The minimum atomic E-state index is -0.813. The van der Waals surface area contributed by atoms with Crippen molar-refractivity contribution in [3.63, 3.8) is 0 Å². The molecule has 1 saturated heterocycles. The number of carbonyl (C=O) groups is 1. The van der Waals surface area contributed by atoms with Crippen molar-refractivity contribution in [3.8, 4) is 0 Å². The number of hydrogen-bond acceptors (Lipinski definition) is 8. The molecule has 0 bridgehead atoms. The van der Waals surface area contributed by atoms with Crippen LogP contribution < -0.4 is 0 Å². The predicted molar refractivity (Wildman–Crippen MR) is 152 cm³/mol. The molecule has 4 atom stereocenters. The van der Waals surface area contributed by atoms with Crippen LogP contribution in [0.4, 0.5) is 4.39 Å². The van der Waals surface area contributed by atoms with Gasteiger partial charge in [-0.2, -0.15) is 4.39 Å². The van der Waals surface area contributed by atoms with Gasteiger partial charge in [0.2, 0.25) is 5.13 Å². The highest BCUT2D eigenvalue weighted by Crippen LogP contribution is 2.40. The summed E-state index contributed by atoms with van der Waals surface area (Å²) in [5, 5.41) is -0.447. The van der Waals surface area contributed by atoms with Crippen LogP contribution in [0.15, 0.2) is 91.0 Å². The number of aromatic nitrogens is 1. The number of ether oxygens (including phenoxy) is 5. The minimum Gasteiger partial charge on any atom is -0.461 e. The van der Waals surface area contributed by atoms with E-state index in [1.807, 2.05) is 91.0 Å². The third kappa shape index (κ3) is 7.63. The summed E-state index contributed by atoms with van der Waals surface area (Å²) in [6.45, 7) is 2.99. The third-order valence-electron chi connectivity index (χ3n) is 6.59. The average Bonchev–Trinajstić information content (AvgIpc) is 3.56. The fourth-order valence-corrected chi connectivity index (χ4v) is 5.46. The monoisotopic (exact) mass is 577 g/mol. The summed E-state index contributed by atoms with van der Waals surface area (Å²) in [5.74, 6) is -0.813. The second kappa shape index (κ2) is 14.4. The smallest absolute Gasteiger partial charge is 0.360 e. The fourth-order valence-electron chi connectivity index (χ4n) is 4.61. The molecule has 0 unspecified atom stereocenters. The molecule has 3 aromatic carbocycles. The van der Waals surface area contributed by atoms with Crippen LogP contribution in [0.25, 0.3) is 0 Å². The lowest BCUT2D eigenvalue weighted by atomic mass is 10.1. The van der Waals surface area contributed by atoms with Gasteiger partial charge in [-0.15, -0.1) is 0 Å². The topological polar surface area (TPSA) is 76.1 Å². The van der Waals surface area contributed by atoms with Crippen molar-refractivity contribution >= 4 is 17.3 Å². The predicted octanol–water partition coefficient (Wildman–Crippen LogP) is 6.29. The van der Waals surface area contributed by atoms with E-state index in [4.69, 9.17) is 23.7 Å². The van der Waals surface area contributed by atoms with Crippen molar-refractivity contribution in [1.29, 1.82) is 0 Å². The summed E-state index contributed by atoms with van der Waals surface area (Å²) < 4.78 is 45.2. The van der Waals surface area contributed by atoms with Gasteiger partial charge in [-0.05, 0) is 23.6 Å². The minimum absolute atomic E-state index is 0.115. The van der Waals surface area contributed by atoms with Gasteiger partial charge >= 0.3 is 5.97 Å². The molecule has 214 valence electrons. The lowest BCUT2D eigenvalue weighted by Gasteiger charge is -2.25. The number of rotatable bonds is 13. The molecule has 7 nitrogen and oxygen atoms in total. The lowest BCUT2D eigenvalue weighted by Crippen LogP contribution is -2.37. The van der Waals surface area contributed by atoms with Gasteiger partial charge in [0.05, 0.1) is 33.0 Å². The molecular weight excluding hydrogens is 545 g/mol. The molecular formula is C32H32FNO6S. The van der Waals surface area contributed by atoms with Gasteiger partial charge in [-0.25, -0.2) is 9.78 Å². The molecule has 4 aromatic rings. The van der Waals surface area contributed by atoms with Crippen molar-refractivity contribution in [1.82, 2.24) is 4.98 Å². The van der Waals surface area contributed by atoms with Gasteiger partial charge in [-0.1, -0.05) is 102 Å². The molecule has 0 radical (unpaired) electrons. The van der Waals surface area contributed by atoms with E-state index in [2.05, 4.69) is 4.98 Å². The molecule has 0 amide bonds. The highest BCUT2D eigenvalue weighted by molar-refractivity contribution is 7.10. The maximum absolute atomic E-state index is 14.9. The number of esters is 1. The number of halogens is 1. The first-order valence-corrected chi connectivity index (χ1v) is 14.4. The van der Waals surface area contributed by atoms with Crippen molar-refractivity contribution < 1.29 is 32.9 Å². The van der Waals surface area contributed by atoms with Crippen LogP contribution in [0.5, 0.6) is 0 Å². The van der Waals surface area contributed by atoms with Crippen molar-refractivity contribution in [3.05, 3.63) is 124 Å². The van der Waals surface area contributed by atoms with Crippen molar-refractivity contribution in [2.45, 2.75) is 51.2 Å². The van der Waals surface area contributed by atoms with Gasteiger partial charge in [0.15, 0.2) is 5.69 Å². The highest BCUT2D eigenvalue weighted by atomic mass is 32.1. The Labute approximate surface area is 242 Å². The fraction of sp³-hybridized carbons (Fsp3) is 0.312. The summed E-state index contributed by atoms with van der Waals surface area (Å²) in [6, 6.07) is 29.4. The number of thiazole rings is 1. The van der Waals surface area contributed by atoms with E-state index < -0.39 is 35.5 Å². The second-order valence-electron chi connectivity index (χ2n) is 9.51. The normalized spacial score (nSPS) is 20.2. The molecule has 1 fully saturated rings. The van der Waals surface area contributed by atoms with Crippen LogP contribution in [0.2, 0.25) is 0 Å². The molecule has 0 aliphatic carbocycles. The summed E-state index contributed by atoms with van der Waals surface area (Å²) in [6.07, 6.45) is -2.53. The van der Waals surface area contributed by atoms with Gasteiger partial charge in [0, 0.05) is 0 Å². The van der Waals surface area contributed by atoms with Gasteiger partial charge in [0.1, 0.15) is 29.4 Å². The molecule has 1 aliphatic heterocycles. The molecule has 9 heteroatoms. The Kier molecular flexibility index (Phi) is 10.2. The Hall–Kier alpha value is -3.47. The molecule has 2 heterocycles. The largest absolute Gasteiger partial charge is 0.461 e. The average molecular weight is 578 g/mol.